The first-order valence-electron chi connectivity index (χ1n) is 6.18. The molecule has 0 spiro atoms. The Morgan fingerprint density at radius 2 is 2.30 bits per heavy atom. The van der Waals surface area contributed by atoms with Crippen LogP contribution in [-0.4, -0.2) is 22.5 Å². The number of ketones is 1. The first-order valence-corrected chi connectivity index (χ1v) is 6.18. The summed E-state index contributed by atoms with van der Waals surface area (Å²) in [6, 6.07) is 7.00. The Hall–Kier alpha value is -2.68. The van der Waals surface area contributed by atoms with E-state index in [1.807, 2.05) is 0 Å². The summed E-state index contributed by atoms with van der Waals surface area (Å²) in [6.07, 6.45) is 0.551. The van der Waals surface area contributed by atoms with Gasteiger partial charge in [0.05, 0.1) is 11.6 Å². The van der Waals surface area contributed by atoms with Crippen molar-refractivity contribution in [1.82, 2.24) is 10.1 Å². The quantitative estimate of drug-likeness (QED) is 0.836. The number of hydrogen-bond donors (Lipinski definition) is 1. The Morgan fingerprint density at radius 3 is 2.90 bits per heavy atom. The molecule has 1 heterocycles. The van der Waals surface area contributed by atoms with E-state index in [0.29, 0.717) is 41.5 Å². The molecule has 2 aromatic rings. The standard InChI is InChI=1S/C14H14N4O2/c1-9(19)12-4-3-11(8-15)7-13(12)16-6-5-14-17-10(2)18-20-14/h3-4,7,16H,5-6H2,1-2H3. The molecule has 0 bridgehead atoms. The highest BCUT2D eigenvalue weighted by Gasteiger charge is 2.09. The van der Waals surface area contributed by atoms with Gasteiger partial charge in [0.2, 0.25) is 5.89 Å². The molecule has 20 heavy (non-hydrogen) atoms. The smallest absolute Gasteiger partial charge is 0.228 e. The zero-order chi connectivity index (χ0) is 14.5. The number of aromatic nitrogens is 2. The van der Waals surface area contributed by atoms with Gasteiger partial charge in [-0.25, -0.2) is 0 Å². The zero-order valence-corrected chi connectivity index (χ0v) is 11.3. The number of carbonyl (C=O) groups excluding carboxylic acids is 1. The van der Waals surface area contributed by atoms with E-state index in [2.05, 4.69) is 21.5 Å². The SMILES string of the molecule is CC(=O)c1ccc(C#N)cc1NCCc1nc(C)no1. The fourth-order valence-corrected chi connectivity index (χ4v) is 1.81. The van der Waals surface area contributed by atoms with Gasteiger partial charge in [-0.05, 0) is 32.0 Å². The number of rotatable bonds is 5. The Labute approximate surface area is 116 Å². The lowest BCUT2D eigenvalue weighted by atomic mass is 10.1. The molecule has 6 heteroatoms. The van der Waals surface area contributed by atoms with Crippen LogP contribution in [0.1, 0.15) is 34.6 Å². The van der Waals surface area contributed by atoms with Gasteiger partial charge in [0, 0.05) is 24.2 Å². The Balaban J connectivity index is 2.07. The Kier molecular flexibility index (Phi) is 4.11. The number of hydrogen-bond acceptors (Lipinski definition) is 6. The van der Waals surface area contributed by atoms with Crippen molar-refractivity contribution < 1.29 is 9.32 Å². The summed E-state index contributed by atoms with van der Waals surface area (Å²) in [5.74, 6) is 1.08. The molecule has 1 N–H and O–H groups in total. The van der Waals surface area contributed by atoms with Gasteiger partial charge < -0.3 is 9.84 Å². The number of anilines is 1. The van der Waals surface area contributed by atoms with Gasteiger partial charge in [0.1, 0.15) is 0 Å². The molecule has 0 unspecified atom stereocenters. The summed E-state index contributed by atoms with van der Waals surface area (Å²) in [4.78, 5) is 15.6. The van der Waals surface area contributed by atoms with Crippen molar-refractivity contribution in [2.45, 2.75) is 20.3 Å². The maximum absolute atomic E-state index is 11.5. The minimum absolute atomic E-state index is 0.0503. The molecule has 0 aliphatic carbocycles. The van der Waals surface area contributed by atoms with E-state index < -0.39 is 0 Å². The van der Waals surface area contributed by atoms with Crippen molar-refractivity contribution in [1.29, 1.82) is 5.26 Å². The van der Waals surface area contributed by atoms with Crippen LogP contribution in [0.15, 0.2) is 22.7 Å². The van der Waals surface area contributed by atoms with Crippen LogP contribution < -0.4 is 5.32 Å². The third-order valence-electron chi connectivity index (χ3n) is 2.75. The van der Waals surface area contributed by atoms with Crippen molar-refractivity contribution in [3.05, 3.63) is 41.0 Å². The third kappa shape index (κ3) is 3.20. The highest BCUT2D eigenvalue weighted by Crippen LogP contribution is 2.18. The Bertz CT molecular complexity index is 670. The lowest BCUT2D eigenvalue weighted by Gasteiger charge is -2.09. The highest BCUT2D eigenvalue weighted by molar-refractivity contribution is 5.99. The monoisotopic (exact) mass is 270 g/mol. The highest BCUT2D eigenvalue weighted by atomic mass is 16.5. The van der Waals surface area contributed by atoms with Gasteiger partial charge in [-0.1, -0.05) is 5.16 Å². The minimum Gasteiger partial charge on any atom is -0.384 e. The number of carbonyl (C=O) groups is 1. The second-order valence-electron chi connectivity index (χ2n) is 4.34. The molecule has 102 valence electrons. The van der Waals surface area contributed by atoms with Gasteiger partial charge in [-0.15, -0.1) is 0 Å². The molecular weight excluding hydrogens is 256 g/mol. The average molecular weight is 270 g/mol. The van der Waals surface area contributed by atoms with E-state index in [4.69, 9.17) is 9.78 Å². The van der Waals surface area contributed by atoms with Crippen LogP contribution in [0.3, 0.4) is 0 Å². The zero-order valence-electron chi connectivity index (χ0n) is 11.3. The topological polar surface area (TPSA) is 91.8 Å². The molecule has 2 rings (SSSR count). The molecule has 0 amide bonds. The van der Waals surface area contributed by atoms with Crippen LogP contribution in [-0.2, 0) is 6.42 Å². The van der Waals surface area contributed by atoms with E-state index in [1.165, 1.54) is 6.92 Å². The van der Waals surface area contributed by atoms with Crippen molar-refractivity contribution in [2.24, 2.45) is 0 Å². The van der Waals surface area contributed by atoms with Crippen LogP contribution in [0.2, 0.25) is 0 Å². The van der Waals surface area contributed by atoms with Crippen molar-refractivity contribution >= 4 is 11.5 Å². The predicted octanol–water partition coefficient (Wildman–Crippen LogP) is 2.11. The number of benzene rings is 1. The van der Waals surface area contributed by atoms with Crippen LogP contribution in [0.25, 0.3) is 0 Å². The van der Waals surface area contributed by atoms with E-state index >= 15 is 0 Å². The predicted molar refractivity (Wildman–Crippen MR) is 72.4 cm³/mol. The summed E-state index contributed by atoms with van der Waals surface area (Å²) in [6.45, 7) is 3.79. The molecule has 0 aliphatic rings. The second kappa shape index (κ2) is 5.97. The first-order chi connectivity index (χ1) is 9.60. The largest absolute Gasteiger partial charge is 0.384 e. The molecule has 6 nitrogen and oxygen atoms in total. The molecule has 0 saturated carbocycles. The average Bonchev–Trinajstić information content (AvgIpc) is 2.84. The fraction of sp³-hybridized carbons (Fsp3) is 0.286. The summed E-state index contributed by atoms with van der Waals surface area (Å²) < 4.78 is 5.00. The maximum Gasteiger partial charge on any atom is 0.228 e. The molecule has 0 saturated heterocycles. The van der Waals surface area contributed by atoms with Crippen molar-refractivity contribution in [3.8, 4) is 6.07 Å². The number of aryl methyl sites for hydroxylation is 1. The number of nitrogens with one attached hydrogen (secondary N) is 1. The summed E-state index contributed by atoms with van der Waals surface area (Å²) in [7, 11) is 0. The molecule has 0 radical (unpaired) electrons. The van der Waals surface area contributed by atoms with Crippen LogP contribution in [0, 0.1) is 18.3 Å². The lowest BCUT2D eigenvalue weighted by Crippen LogP contribution is -2.09. The first kappa shape index (κ1) is 13.7. The second-order valence-corrected chi connectivity index (χ2v) is 4.34. The summed E-state index contributed by atoms with van der Waals surface area (Å²) in [5.41, 5.74) is 1.71. The van der Waals surface area contributed by atoms with Gasteiger partial charge in [0.15, 0.2) is 11.6 Å². The molecule has 1 aromatic carbocycles. The fourth-order valence-electron chi connectivity index (χ4n) is 1.81. The normalized spacial score (nSPS) is 10.1. The van der Waals surface area contributed by atoms with Crippen LogP contribution in [0.4, 0.5) is 5.69 Å². The van der Waals surface area contributed by atoms with Crippen LogP contribution in [0.5, 0.6) is 0 Å². The van der Waals surface area contributed by atoms with Gasteiger partial charge in [-0.2, -0.15) is 10.2 Å². The molecule has 0 fully saturated rings. The van der Waals surface area contributed by atoms with E-state index in [1.54, 1.807) is 25.1 Å². The summed E-state index contributed by atoms with van der Waals surface area (Å²) in [5, 5.41) is 15.7. The van der Waals surface area contributed by atoms with E-state index in [0.717, 1.165) is 0 Å². The van der Waals surface area contributed by atoms with Crippen molar-refractivity contribution in [3.63, 3.8) is 0 Å². The van der Waals surface area contributed by atoms with Gasteiger partial charge >= 0.3 is 0 Å². The third-order valence-corrected chi connectivity index (χ3v) is 2.75. The minimum atomic E-state index is -0.0503. The number of Topliss-reactive ketones (excluding diaryl/α,β-unsaturated/α-hetero) is 1. The van der Waals surface area contributed by atoms with Crippen LogP contribution >= 0.6 is 0 Å². The summed E-state index contributed by atoms with van der Waals surface area (Å²) >= 11 is 0. The molecule has 0 atom stereocenters. The number of nitrogens with zero attached hydrogens (tertiary/aromatic N) is 3. The molecule has 1 aromatic heterocycles. The Morgan fingerprint density at radius 1 is 1.50 bits per heavy atom. The molecular formula is C14H14N4O2. The van der Waals surface area contributed by atoms with Gasteiger partial charge in [-0.3, -0.25) is 4.79 Å². The molecule has 0 aliphatic heterocycles. The maximum atomic E-state index is 11.5. The van der Waals surface area contributed by atoms with E-state index in [-0.39, 0.29) is 5.78 Å². The van der Waals surface area contributed by atoms with Gasteiger partial charge in [0.25, 0.3) is 0 Å². The number of nitriles is 1. The van der Waals surface area contributed by atoms with Crippen molar-refractivity contribution in [2.75, 3.05) is 11.9 Å². The lowest BCUT2D eigenvalue weighted by molar-refractivity contribution is 0.101. The van der Waals surface area contributed by atoms with E-state index in [9.17, 15) is 4.79 Å².